The zero-order chi connectivity index (χ0) is 14.3. The van der Waals surface area contributed by atoms with Gasteiger partial charge in [0.1, 0.15) is 5.75 Å². The van der Waals surface area contributed by atoms with Gasteiger partial charge in [0, 0.05) is 6.54 Å². The number of hydrogen-bond donors (Lipinski definition) is 2. The molecule has 1 rings (SSSR count). The molecule has 19 heavy (non-hydrogen) atoms. The molecule has 1 unspecified atom stereocenters. The molecule has 3 N–H and O–H groups in total. The first-order chi connectivity index (χ1) is 9.00. The van der Waals surface area contributed by atoms with Gasteiger partial charge in [-0.3, -0.25) is 4.79 Å². The number of ether oxygens (including phenoxy) is 1. The highest BCUT2D eigenvalue weighted by Crippen LogP contribution is 2.30. The molecule has 0 aliphatic carbocycles. The van der Waals surface area contributed by atoms with Crippen LogP contribution in [0.3, 0.4) is 0 Å². The molecular weight excluding hydrogens is 242 g/mol. The first-order valence-corrected chi connectivity index (χ1v) is 6.61. The van der Waals surface area contributed by atoms with Gasteiger partial charge in [-0.15, -0.1) is 0 Å². The van der Waals surface area contributed by atoms with Gasteiger partial charge in [-0.2, -0.15) is 0 Å². The third-order valence-corrected chi connectivity index (χ3v) is 3.24. The van der Waals surface area contributed by atoms with Crippen molar-refractivity contribution in [2.45, 2.75) is 26.7 Å². The van der Waals surface area contributed by atoms with Crippen molar-refractivity contribution in [1.29, 1.82) is 0 Å². The summed E-state index contributed by atoms with van der Waals surface area (Å²) in [6, 6.07) is 9.39. The predicted molar refractivity (Wildman–Crippen MR) is 75.1 cm³/mol. The van der Waals surface area contributed by atoms with Crippen molar-refractivity contribution in [1.82, 2.24) is 0 Å². The normalized spacial score (nSPS) is 14.1. The van der Waals surface area contributed by atoms with Crippen LogP contribution in [0, 0.1) is 11.3 Å². The topological polar surface area (TPSA) is 72.5 Å². The lowest BCUT2D eigenvalue weighted by Crippen LogP contribution is -2.41. The maximum atomic E-state index is 11.5. The maximum absolute atomic E-state index is 11.5. The second kappa shape index (κ2) is 7.14. The second-order valence-corrected chi connectivity index (χ2v) is 5.30. The van der Waals surface area contributed by atoms with Crippen LogP contribution in [-0.4, -0.2) is 24.2 Å². The molecule has 1 aromatic rings. The zero-order valence-corrected chi connectivity index (χ0v) is 11.6. The van der Waals surface area contributed by atoms with Crippen LogP contribution in [0.1, 0.15) is 26.7 Å². The van der Waals surface area contributed by atoms with E-state index in [-0.39, 0.29) is 12.5 Å². The lowest BCUT2D eigenvalue weighted by atomic mass is 9.77. The lowest BCUT2D eigenvalue weighted by molar-refractivity contribution is -0.150. The van der Waals surface area contributed by atoms with E-state index < -0.39 is 11.4 Å². The van der Waals surface area contributed by atoms with E-state index in [1.807, 2.05) is 44.2 Å². The van der Waals surface area contributed by atoms with Gasteiger partial charge in [-0.25, -0.2) is 0 Å². The molecule has 0 aliphatic rings. The molecular formula is C15H23NO3. The first-order valence-electron chi connectivity index (χ1n) is 6.61. The van der Waals surface area contributed by atoms with Crippen LogP contribution in [0.5, 0.6) is 5.75 Å². The van der Waals surface area contributed by atoms with Crippen molar-refractivity contribution in [3.05, 3.63) is 30.3 Å². The van der Waals surface area contributed by atoms with Gasteiger partial charge < -0.3 is 15.6 Å². The summed E-state index contributed by atoms with van der Waals surface area (Å²) in [6.45, 7) is 4.51. The summed E-state index contributed by atoms with van der Waals surface area (Å²) in [5.74, 6) is 0.208. The van der Waals surface area contributed by atoms with Crippen molar-refractivity contribution in [3.8, 4) is 5.75 Å². The minimum Gasteiger partial charge on any atom is -0.494 e. The second-order valence-electron chi connectivity index (χ2n) is 5.30. The van der Waals surface area contributed by atoms with E-state index in [2.05, 4.69) is 0 Å². The Morgan fingerprint density at radius 2 is 2.00 bits per heavy atom. The number of aliphatic carboxylic acids is 1. The highest BCUT2D eigenvalue weighted by Gasteiger charge is 2.37. The Bertz CT molecular complexity index is 392. The van der Waals surface area contributed by atoms with E-state index in [0.717, 1.165) is 5.75 Å². The van der Waals surface area contributed by atoms with Gasteiger partial charge >= 0.3 is 5.97 Å². The Morgan fingerprint density at radius 3 is 2.47 bits per heavy atom. The molecule has 0 amide bonds. The van der Waals surface area contributed by atoms with E-state index in [1.165, 1.54) is 0 Å². The molecule has 1 atom stereocenters. The number of hydrogen-bond acceptors (Lipinski definition) is 3. The average molecular weight is 265 g/mol. The van der Waals surface area contributed by atoms with E-state index in [4.69, 9.17) is 10.5 Å². The molecule has 0 bridgehead atoms. The quantitative estimate of drug-likeness (QED) is 0.757. The Kier molecular flexibility index (Phi) is 5.83. The van der Waals surface area contributed by atoms with Crippen LogP contribution in [0.25, 0.3) is 0 Å². The molecule has 0 saturated carbocycles. The number of para-hydroxylation sites is 1. The van der Waals surface area contributed by atoms with Crippen molar-refractivity contribution in [2.75, 3.05) is 13.2 Å². The molecule has 0 spiro atoms. The van der Waals surface area contributed by atoms with Gasteiger partial charge in [0.2, 0.25) is 0 Å². The van der Waals surface area contributed by atoms with Crippen molar-refractivity contribution >= 4 is 5.97 Å². The molecule has 0 aromatic heterocycles. The molecule has 0 radical (unpaired) electrons. The predicted octanol–water partition coefficient (Wildman–Crippen LogP) is 2.53. The number of benzene rings is 1. The third-order valence-electron chi connectivity index (χ3n) is 3.24. The number of carbonyl (C=O) groups is 1. The summed E-state index contributed by atoms with van der Waals surface area (Å²) in [5.41, 5.74) is 4.81. The smallest absolute Gasteiger partial charge is 0.311 e. The van der Waals surface area contributed by atoms with Gasteiger partial charge in [0.15, 0.2) is 0 Å². The number of carboxylic acid groups (broad SMARTS) is 1. The van der Waals surface area contributed by atoms with Crippen LogP contribution in [-0.2, 0) is 4.79 Å². The molecule has 4 heteroatoms. The molecule has 106 valence electrons. The summed E-state index contributed by atoms with van der Waals surface area (Å²) in [7, 11) is 0. The summed E-state index contributed by atoms with van der Waals surface area (Å²) in [4.78, 5) is 11.5. The van der Waals surface area contributed by atoms with Gasteiger partial charge in [-0.05, 0) is 30.9 Å². The highest BCUT2D eigenvalue weighted by molar-refractivity contribution is 5.75. The molecule has 0 saturated heterocycles. The standard InChI is InChI=1S/C15H23NO3/c1-12(2)10-15(11-16,14(17)18)8-9-19-13-6-4-3-5-7-13/h3-7,12H,8-11,16H2,1-2H3,(H,17,18). The largest absolute Gasteiger partial charge is 0.494 e. The van der Waals surface area contributed by atoms with Crippen LogP contribution < -0.4 is 10.5 Å². The summed E-state index contributed by atoms with van der Waals surface area (Å²) in [5, 5.41) is 9.43. The summed E-state index contributed by atoms with van der Waals surface area (Å²) < 4.78 is 5.58. The van der Waals surface area contributed by atoms with Crippen LogP contribution in [0.15, 0.2) is 30.3 Å². The number of rotatable bonds is 8. The maximum Gasteiger partial charge on any atom is 0.311 e. The minimum absolute atomic E-state index is 0.138. The zero-order valence-electron chi connectivity index (χ0n) is 11.6. The average Bonchev–Trinajstić information content (AvgIpc) is 2.38. The van der Waals surface area contributed by atoms with Gasteiger partial charge in [-0.1, -0.05) is 32.0 Å². The number of carboxylic acids is 1. The van der Waals surface area contributed by atoms with Crippen molar-refractivity contribution in [2.24, 2.45) is 17.1 Å². The van der Waals surface area contributed by atoms with E-state index in [1.54, 1.807) is 0 Å². The van der Waals surface area contributed by atoms with E-state index in [0.29, 0.717) is 19.4 Å². The summed E-state index contributed by atoms with van der Waals surface area (Å²) >= 11 is 0. The van der Waals surface area contributed by atoms with Crippen LogP contribution >= 0.6 is 0 Å². The molecule has 4 nitrogen and oxygen atoms in total. The fourth-order valence-electron chi connectivity index (χ4n) is 2.23. The van der Waals surface area contributed by atoms with Crippen molar-refractivity contribution in [3.63, 3.8) is 0 Å². The fraction of sp³-hybridized carbons (Fsp3) is 0.533. The Labute approximate surface area is 114 Å². The Balaban J connectivity index is 2.60. The van der Waals surface area contributed by atoms with Crippen molar-refractivity contribution < 1.29 is 14.6 Å². The van der Waals surface area contributed by atoms with Crippen LogP contribution in [0.2, 0.25) is 0 Å². The Hall–Kier alpha value is -1.55. The van der Waals surface area contributed by atoms with Gasteiger partial charge in [0.25, 0.3) is 0 Å². The molecule has 0 fully saturated rings. The third kappa shape index (κ3) is 4.56. The molecule has 0 aliphatic heterocycles. The lowest BCUT2D eigenvalue weighted by Gasteiger charge is -2.29. The van der Waals surface area contributed by atoms with E-state index >= 15 is 0 Å². The molecule has 0 heterocycles. The van der Waals surface area contributed by atoms with Gasteiger partial charge in [0.05, 0.1) is 12.0 Å². The van der Waals surface area contributed by atoms with Crippen LogP contribution in [0.4, 0.5) is 0 Å². The highest BCUT2D eigenvalue weighted by atomic mass is 16.5. The Morgan fingerprint density at radius 1 is 1.37 bits per heavy atom. The van der Waals surface area contributed by atoms with E-state index in [9.17, 15) is 9.90 Å². The SMILES string of the molecule is CC(C)CC(CN)(CCOc1ccccc1)C(=O)O. The summed E-state index contributed by atoms with van der Waals surface area (Å²) in [6.07, 6.45) is 0.989. The monoisotopic (exact) mass is 265 g/mol. The molecule has 1 aromatic carbocycles. The minimum atomic E-state index is -0.886. The number of nitrogens with two attached hydrogens (primary N) is 1. The first kappa shape index (κ1) is 15.5. The fourth-order valence-corrected chi connectivity index (χ4v) is 2.23.